The first kappa shape index (κ1) is 22.7. The van der Waals surface area contributed by atoms with E-state index in [0.29, 0.717) is 18.1 Å². The van der Waals surface area contributed by atoms with Crippen molar-refractivity contribution in [1.29, 1.82) is 0 Å². The molecular weight excluding hydrogens is 382 g/mol. The van der Waals surface area contributed by atoms with Crippen LogP contribution in [0.2, 0.25) is 0 Å². The van der Waals surface area contributed by atoms with E-state index in [1.54, 1.807) is 20.8 Å². The van der Waals surface area contributed by atoms with Gasteiger partial charge in [0, 0.05) is 0 Å². The van der Waals surface area contributed by atoms with Gasteiger partial charge in [0.25, 0.3) is 0 Å². The molecule has 8 heteroatoms. The third kappa shape index (κ3) is 8.22. The number of carbonyl (C=O) groups is 1. The predicted octanol–water partition coefficient (Wildman–Crippen LogP) is 3.08. The zero-order chi connectivity index (χ0) is 22.1. The number of hydrogen-bond donors (Lipinski definition) is 3. The Balaban J connectivity index is 2.05. The number of nitrogens with one attached hydrogen (secondary N) is 1. The molecular formula is C22H29N5O3. The summed E-state index contributed by atoms with van der Waals surface area (Å²) in [5, 5.41) is 10.4. The summed E-state index contributed by atoms with van der Waals surface area (Å²) in [7, 11) is 0. The van der Waals surface area contributed by atoms with E-state index in [1.165, 1.54) is 5.56 Å². The van der Waals surface area contributed by atoms with Gasteiger partial charge >= 0.3 is 6.09 Å². The first-order valence-electron chi connectivity index (χ1n) is 9.53. The van der Waals surface area contributed by atoms with Gasteiger partial charge in [0.15, 0.2) is 0 Å². The van der Waals surface area contributed by atoms with Crippen molar-refractivity contribution in [3.8, 4) is 5.75 Å². The fourth-order valence-corrected chi connectivity index (χ4v) is 2.38. The summed E-state index contributed by atoms with van der Waals surface area (Å²) in [6.45, 7) is 7.97. The molecule has 0 spiro atoms. The fourth-order valence-electron chi connectivity index (χ4n) is 2.38. The minimum atomic E-state index is -0.600. The fraction of sp³-hybridized carbons (Fsp3) is 0.318. The summed E-state index contributed by atoms with van der Waals surface area (Å²) in [6, 6.07) is 15.4. The SMILES string of the molecule is Cc1ccc(COc2ccc(/C(CNC(=O)OC(C)(C)C)=N/N=C(N)N)cc2)cc1. The monoisotopic (exact) mass is 411 g/mol. The quantitative estimate of drug-likeness (QED) is 0.367. The number of nitrogens with zero attached hydrogens (tertiary/aromatic N) is 2. The Morgan fingerprint density at radius 3 is 2.20 bits per heavy atom. The summed E-state index contributed by atoms with van der Waals surface area (Å²) < 4.78 is 11.1. The second-order valence-electron chi connectivity index (χ2n) is 7.73. The van der Waals surface area contributed by atoms with E-state index in [9.17, 15) is 4.79 Å². The molecule has 0 aliphatic heterocycles. The van der Waals surface area contributed by atoms with E-state index in [-0.39, 0.29) is 12.5 Å². The van der Waals surface area contributed by atoms with Crippen LogP contribution in [-0.4, -0.2) is 29.9 Å². The molecule has 5 N–H and O–H groups in total. The van der Waals surface area contributed by atoms with Crippen molar-refractivity contribution in [2.24, 2.45) is 21.7 Å². The first-order valence-corrected chi connectivity index (χ1v) is 9.53. The van der Waals surface area contributed by atoms with Crippen LogP contribution in [0, 0.1) is 6.92 Å². The van der Waals surface area contributed by atoms with E-state index in [2.05, 4.69) is 15.5 Å². The summed E-state index contributed by atoms with van der Waals surface area (Å²) in [5.41, 5.74) is 13.6. The molecule has 0 bridgehead atoms. The molecule has 0 atom stereocenters. The van der Waals surface area contributed by atoms with Crippen LogP contribution in [0.3, 0.4) is 0 Å². The van der Waals surface area contributed by atoms with E-state index in [0.717, 1.165) is 11.1 Å². The van der Waals surface area contributed by atoms with Crippen LogP contribution in [0.25, 0.3) is 0 Å². The lowest BCUT2D eigenvalue weighted by Gasteiger charge is -2.19. The molecule has 1 amide bonds. The van der Waals surface area contributed by atoms with Gasteiger partial charge in [-0.05, 0) is 63.1 Å². The van der Waals surface area contributed by atoms with Gasteiger partial charge in [0.1, 0.15) is 18.0 Å². The van der Waals surface area contributed by atoms with Crippen molar-refractivity contribution < 1.29 is 14.3 Å². The minimum Gasteiger partial charge on any atom is -0.489 e. The molecule has 30 heavy (non-hydrogen) atoms. The van der Waals surface area contributed by atoms with Gasteiger partial charge in [-0.3, -0.25) is 0 Å². The van der Waals surface area contributed by atoms with Crippen LogP contribution < -0.4 is 21.5 Å². The Kier molecular flexibility index (Phi) is 7.80. The molecule has 2 rings (SSSR count). The molecule has 0 aliphatic rings. The molecule has 2 aromatic rings. The Morgan fingerprint density at radius 2 is 1.63 bits per heavy atom. The smallest absolute Gasteiger partial charge is 0.407 e. The molecule has 0 saturated heterocycles. The van der Waals surface area contributed by atoms with Crippen LogP contribution in [0.5, 0.6) is 5.75 Å². The summed E-state index contributed by atoms with van der Waals surface area (Å²) >= 11 is 0. The first-order chi connectivity index (χ1) is 14.1. The molecule has 0 aromatic heterocycles. The van der Waals surface area contributed by atoms with Crippen LogP contribution in [0.15, 0.2) is 58.7 Å². The number of hydrogen-bond acceptors (Lipinski definition) is 5. The van der Waals surface area contributed by atoms with Gasteiger partial charge in [-0.2, -0.15) is 0 Å². The molecule has 160 valence electrons. The third-order valence-corrected chi connectivity index (χ3v) is 3.80. The van der Waals surface area contributed by atoms with Crippen molar-refractivity contribution in [1.82, 2.24) is 5.32 Å². The van der Waals surface area contributed by atoms with Crippen molar-refractivity contribution in [3.05, 3.63) is 65.2 Å². The van der Waals surface area contributed by atoms with E-state index < -0.39 is 11.7 Å². The van der Waals surface area contributed by atoms with Gasteiger partial charge in [-0.15, -0.1) is 10.2 Å². The largest absolute Gasteiger partial charge is 0.489 e. The maximum atomic E-state index is 11.9. The number of ether oxygens (including phenoxy) is 2. The van der Waals surface area contributed by atoms with Crippen molar-refractivity contribution in [2.75, 3.05) is 6.54 Å². The standard InChI is InChI=1S/C22H29N5O3/c1-15-5-7-16(8-6-15)14-29-18-11-9-17(10-12-18)19(26-27-20(23)24)13-25-21(28)30-22(2,3)4/h5-12H,13-14H2,1-4H3,(H,25,28)(H4,23,24,27)/b26-19+. The van der Waals surface area contributed by atoms with Gasteiger partial charge in [-0.1, -0.05) is 29.8 Å². The number of carbonyl (C=O) groups excluding carboxylic acids is 1. The second-order valence-corrected chi connectivity index (χ2v) is 7.73. The summed E-state index contributed by atoms with van der Waals surface area (Å²) in [6.07, 6.45) is -0.557. The molecule has 0 heterocycles. The van der Waals surface area contributed by atoms with Crippen LogP contribution in [-0.2, 0) is 11.3 Å². The highest BCUT2D eigenvalue weighted by molar-refractivity contribution is 6.03. The summed E-state index contributed by atoms with van der Waals surface area (Å²) in [4.78, 5) is 11.9. The Bertz CT molecular complexity index is 894. The number of alkyl carbamates (subject to hydrolysis) is 1. The molecule has 2 aromatic carbocycles. The molecule has 0 radical (unpaired) electrons. The number of nitrogens with two attached hydrogens (primary N) is 2. The maximum Gasteiger partial charge on any atom is 0.407 e. The van der Waals surface area contributed by atoms with Crippen LogP contribution in [0.4, 0.5) is 4.79 Å². The van der Waals surface area contributed by atoms with Crippen molar-refractivity contribution in [3.63, 3.8) is 0 Å². The molecule has 8 nitrogen and oxygen atoms in total. The number of guanidine groups is 1. The predicted molar refractivity (Wildman–Crippen MR) is 119 cm³/mol. The van der Waals surface area contributed by atoms with Crippen molar-refractivity contribution >= 4 is 17.8 Å². The Hall–Kier alpha value is -3.55. The van der Waals surface area contributed by atoms with Crippen LogP contribution >= 0.6 is 0 Å². The van der Waals surface area contributed by atoms with Gasteiger partial charge < -0.3 is 26.3 Å². The van der Waals surface area contributed by atoms with Gasteiger partial charge in [0.2, 0.25) is 5.96 Å². The normalized spacial score (nSPS) is 11.5. The van der Waals surface area contributed by atoms with Gasteiger partial charge in [-0.25, -0.2) is 4.79 Å². The number of amides is 1. The molecule has 0 unspecified atom stereocenters. The minimum absolute atomic E-state index is 0.0925. The highest BCUT2D eigenvalue weighted by Crippen LogP contribution is 2.15. The average Bonchev–Trinajstić information content (AvgIpc) is 2.66. The lowest BCUT2D eigenvalue weighted by molar-refractivity contribution is 0.0536. The summed E-state index contributed by atoms with van der Waals surface area (Å²) in [5.74, 6) is 0.531. The topological polar surface area (TPSA) is 124 Å². The highest BCUT2D eigenvalue weighted by Gasteiger charge is 2.16. The van der Waals surface area contributed by atoms with E-state index >= 15 is 0 Å². The number of benzene rings is 2. The number of aryl methyl sites for hydroxylation is 1. The van der Waals surface area contributed by atoms with E-state index in [4.69, 9.17) is 20.9 Å². The Morgan fingerprint density at radius 1 is 1.00 bits per heavy atom. The van der Waals surface area contributed by atoms with Gasteiger partial charge in [0.05, 0.1) is 12.3 Å². The lowest BCUT2D eigenvalue weighted by atomic mass is 10.1. The lowest BCUT2D eigenvalue weighted by Crippen LogP contribution is -2.35. The highest BCUT2D eigenvalue weighted by atomic mass is 16.6. The molecule has 0 fully saturated rings. The maximum absolute atomic E-state index is 11.9. The zero-order valence-electron chi connectivity index (χ0n) is 17.8. The molecule has 0 aliphatic carbocycles. The second kappa shape index (κ2) is 10.3. The van der Waals surface area contributed by atoms with Crippen molar-refractivity contribution in [2.45, 2.75) is 39.9 Å². The molecule has 0 saturated carbocycles. The number of rotatable bonds is 7. The average molecular weight is 412 g/mol. The zero-order valence-corrected chi connectivity index (χ0v) is 17.8. The Labute approximate surface area is 177 Å². The van der Waals surface area contributed by atoms with E-state index in [1.807, 2.05) is 55.5 Å². The third-order valence-electron chi connectivity index (χ3n) is 3.80. The van der Waals surface area contributed by atoms with Crippen LogP contribution in [0.1, 0.15) is 37.5 Å².